The molecule has 114 valence electrons. The van der Waals surface area contributed by atoms with Crippen molar-refractivity contribution in [1.29, 1.82) is 0 Å². The van der Waals surface area contributed by atoms with Crippen molar-refractivity contribution in [2.45, 2.75) is 46.2 Å². The summed E-state index contributed by atoms with van der Waals surface area (Å²) < 4.78 is 1.09. The van der Waals surface area contributed by atoms with Gasteiger partial charge in [-0.05, 0) is 60.8 Å². The lowest BCUT2D eigenvalue weighted by Crippen LogP contribution is -2.35. The first kappa shape index (κ1) is 17.5. The molecule has 0 aromatic heterocycles. The second kappa shape index (κ2) is 8.01. The van der Waals surface area contributed by atoms with Crippen LogP contribution in [0.2, 0.25) is 0 Å². The zero-order chi connectivity index (χ0) is 15.2. The molecular formula is C16H27BrN2O. The van der Waals surface area contributed by atoms with Crippen molar-refractivity contribution in [1.82, 2.24) is 5.32 Å². The number of aliphatic hydroxyl groups is 1. The van der Waals surface area contributed by atoms with Crippen molar-refractivity contribution >= 4 is 21.6 Å². The smallest absolute Gasteiger partial charge is 0.0606 e. The van der Waals surface area contributed by atoms with E-state index in [9.17, 15) is 5.11 Å². The highest BCUT2D eigenvalue weighted by molar-refractivity contribution is 9.10. The summed E-state index contributed by atoms with van der Waals surface area (Å²) in [4.78, 5) is 2.21. The normalized spacial score (nSPS) is 11.7. The van der Waals surface area contributed by atoms with Crippen LogP contribution in [-0.4, -0.2) is 30.3 Å². The topological polar surface area (TPSA) is 35.5 Å². The van der Waals surface area contributed by atoms with E-state index in [1.807, 2.05) is 0 Å². The number of nitrogens with one attached hydrogen (secondary N) is 1. The van der Waals surface area contributed by atoms with Crippen molar-refractivity contribution in [2.75, 3.05) is 24.6 Å². The highest BCUT2D eigenvalue weighted by atomic mass is 79.9. The van der Waals surface area contributed by atoms with E-state index < -0.39 is 0 Å². The number of hydrogen-bond donors (Lipinski definition) is 2. The van der Waals surface area contributed by atoms with Gasteiger partial charge < -0.3 is 15.3 Å². The van der Waals surface area contributed by atoms with E-state index in [1.165, 1.54) is 5.56 Å². The van der Waals surface area contributed by atoms with Crippen LogP contribution in [0, 0.1) is 0 Å². The second-order valence-corrected chi connectivity index (χ2v) is 6.95. The number of nitrogens with zero attached hydrogens (tertiary/aromatic N) is 1. The lowest BCUT2D eigenvalue weighted by Gasteiger charge is -2.25. The van der Waals surface area contributed by atoms with Gasteiger partial charge in [-0.2, -0.15) is 0 Å². The fourth-order valence-electron chi connectivity index (χ4n) is 2.03. The standard InChI is InChI=1S/C16H27BrN2O/c1-5-8-19(9-10-20)15-7-6-13(11-14(15)17)12-18-16(2,3)4/h6-7,11,18,20H,5,8-10,12H2,1-4H3. The maximum Gasteiger partial charge on any atom is 0.0606 e. The molecule has 2 N–H and O–H groups in total. The predicted molar refractivity (Wildman–Crippen MR) is 90.3 cm³/mol. The molecule has 0 saturated carbocycles. The van der Waals surface area contributed by atoms with Gasteiger partial charge in [0.2, 0.25) is 0 Å². The Balaban J connectivity index is 2.80. The average molecular weight is 343 g/mol. The van der Waals surface area contributed by atoms with Gasteiger partial charge in [-0.15, -0.1) is 0 Å². The molecule has 0 fully saturated rings. The molecule has 1 aromatic carbocycles. The summed E-state index contributed by atoms with van der Waals surface area (Å²) in [7, 11) is 0. The average Bonchev–Trinajstić information content (AvgIpc) is 2.35. The molecule has 0 bridgehead atoms. The van der Waals surface area contributed by atoms with Crippen molar-refractivity contribution in [2.24, 2.45) is 0 Å². The molecule has 0 aliphatic heterocycles. The number of hydrogen-bond acceptors (Lipinski definition) is 3. The van der Waals surface area contributed by atoms with Crippen LogP contribution in [-0.2, 0) is 6.54 Å². The summed E-state index contributed by atoms with van der Waals surface area (Å²) in [5.74, 6) is 0. The van der Waals surface area contributed by atoms with Gasteiger partial charge in [0.1, 0.15) is 0 Å². The number of halogens is 1. The van der Waals surface area contributed by atoms with E-state index in [1.54, 1.807) is 0 Å². The third-order valence-electron chi connectivity index (χ3n) is 3.04. The van der Waals surface area contributed by atoms with Gasteiger partial charge in [0.25, 0.3) is 0 Å². The van der Waals surface area contributed by atoms with Crippen LogP contribution >= 0.6 is 15.9 Å². The van der Waals surface area contributed by atoms with Crippen LogP contribution in [0.3, 0.4) is 0 Å². The van der Waals surface area contributed by atoms with E-state index in [0.717, 1.165) is 29.7 Å². The summed E-state index contributed by atoms with van der Waals surface area (Å²) in [5.41, 5.74) is 2.53. The third kappa shape index (κ3) is 5.81. The predicted octanol–water partition coefficient (Wildman–Crippen LogP) is 3.55. The van der Waals surface area contributed by atoms with E-state index in [4.69, 9.17) is 0 Å². The highest BCUT2D eigenvalue weighted by Gasteiger charge is 2.11. The molecule has 20 heavy (non-hydrogen) atoms. The largest absolute Gasteiger partial charge is 0.395 e. The summed E-state index contributed by atoms with van der Waals surface area (Å²) in [6.45, 7) is 11.3. The van der Waals surface area contributed by atoms with Gasteiger partial charge in [0.15, 0.2) is 0 Å². The molecule has 0 unspecified atom stereocenters. The molecule has 0 radical (unpaired) electrons. The van der Waals surface area contributed by atoms with Gasteiger partial charge in [-0.25, -0.2) is 0 Å². The Kier molecular flexibility index (Phi) is 7.00. The molecule has 4 heteroatoms. The van der Waals surface area contributed by atoms with Gasteiger partial charge in [0.05, 0.1) is 12.3 Å². The minimum Gasteiger partial charge on any atom is -0.395 e. The number of benzene rings is 1. The second-order valence-electron chi connectivity index (χ2n) is 6.10. The molecule has 0 saturated heterocycles. The Morgan fingerprint density at radius 2 is 1.95 bits per heavy atom. The van der Waals surface area contributed by atoms with Gasteiger partial charge >= 0.3 is 0 Å². The fourth-order valence-corrected chi connectivity index (χ4v) is 2.70. The van der Waals surface area contributed by atoms with E-state index in [-0.39, 0.29) is 12.1 Å². The quantitative estimate of drug-likeness (QED) is 0.795. The van der Waals surface area contributed by atoms with E-state index >= 15 is 0 Å². The summed E-state index contributed by atoms with van der Waals surface area (Å²) in [6.07, 6.45) is 1.07. The Morgan fingerprint density at radius 3 is 2.45 bits per heavy atom. The van der Waals surface area contributed by atoms with E-state index in [2.05, 4.69) is 72.0 Å². The Morgan fingerprint density at radius 1 is 1.25 bits per heavy atom. The fraction of sp³-hybridized carbons (Fsp3) is 0.625. The van der Waals surface area contributed by atoms with Crippen LogP contribution in [0.5, 0.6) is 0 Å². The lowest BCUT2D eigenvalue weighted by atomic mass is 10.1. The molecule has 0 aliphatic carbocycles. The van der Waals surface area contributed by atoms with E-state index in [0.29, 0.717) is 6.54 Å². The Bertz CT molecular complexity index is 409. The monoisotopic (exact) mass is 342 g/mol. The molecule has 0 amide bonds. The number of rotatable bonds is 7. The minimum absolute atomic E-state index is 0.121. The molecule has 3 nitrogen and oxygen atoms in total. The van der Waals surface area contributed by atoms with Gasteiger partial charge in [-0.1, -0.05) is 13.0 Å². The molecule has 0 spiro atoms. The van der Waals surface area contributed by atoms with Crippen LogP contribution < -0.4 is 10.2 Å². The van der Waals surface area contributed by atoms with Crippen molar-refractivity contribution in [3.8, 4) is 0 Å². The summed E-state index contributed by atoms with van der Waals surface area (Å²) in [6, 6.07) is 6.45. The summed E-state index contributed by atoms with van der Waals surface area (Å²) >= 11 is 3.66. The molecular weight excluding hydrogens is 316 g/mol. The molecule has 1 aromatic rings. The minimum atomic E-state index is 0.121. The molecule has 0 aliphatic rings. The zero-order valence-electron chi connectivity index (χ0n) is 13.0. The van der Waals surface area contributed by atoms with Crippen molar-refractivity contribution in [3.05, 3.63) is 28.2 Å². The SMILES string of the molecule is CCCN(CCO)c1ccc(CNC(C)(C)C)cc1Br. The lowest BCUT2D eigenvalue weighted by molar-refractivity contribution is 0.302. The first-order valence-corrected chi connectivity index (χ1v) is 8.06. The third-order valence-corrected chi connectivity index (χ3v) is 3.67. The van der Waals surface area contributed by atoms with Crippen LogP contribution in [0.15, 0.2) is 22.7 Å². The van der Waals surface area contributed by atoms with Crippen LogP contribution in [0.25, 0.3) is 0 Å². The Labute approximate surface area is 131 Å². The number of aliphatic hydroxyl groups excluding tert-OH is 1. The Hall–Kier alpha value is -0.580. The maximum atomic E-state index is 9.18. The van der Waals surface area contributed by atoms with Crippen molar-refractivity contribution in [3.63, 3.8) is 0 Å². The van der Waals surface area contributed by atoms with Crippen LogP contribution in [0.4, 0.5) is 5.69 Å². The van der Waals surface area contributed by atoms with Gasteiger partial charge in [0, 0.05) is 29.6 Å². The van der Waals surface area contributed by atoms with Gasteiger partial charge in [-0.3, -0.25) is 0 Å². The molecule has 0 heterocycles. The summed E-state index contributed by atoms with van der Waals surface area (Å²) in [5, 5.41) is 12.7. The first-order chi connectivity index (χ1) is 9.37. The molecule has 0 atom stereocenters. The molecule has 1 rings (SSSR count). The highest BCUT2D eigenvalue weighted by Crippen LogP contribution is 2.27. The zero-order valence-corrected chi connectivity index (χ0v) is 14.6. The first-order valence-electron chi connectivity index (χ1n) is 7.26. The van der Waals surface area contributed by atoms with Crippen LogP contribution in [0.1, 0.15) is 39.7 Å². The van der Waals surface area contributed by atoms with Crippen molar-refractivity contribution < 1.29 is 5.11 Å². The number of anilines is 1. The maximum absolute atomic E-state index is 9.18.